The molecule has 0 spiro atoms. The van der Waals surface area contributed by atoms with Gasteiger partial charge in [0.25, 0.3) is 0 Å². The Bertz CT molecular complexity index is 283. The van der Waals surface area contributed by atoms with Gasteiger partial charge in [-0.15, -0.1) is 0 Å². The lowest BCUT2D eigenvalue weighted by atomic mass is 10.1. The zero-order valence-electron chi connectivity index (χ0n) is 13.2. The summed E-state index contributed by atoms with van der Waals surface area (Å²) in [4.78, 5) is 29.4. The lowest BCUT2D eigenvalue weighted by molar-refractivity contribution is -0.141. The Morgan fingerprint density at radius 3 is 1.20 bits per heavy atom. The number of rotatable bonds is 5. The van der Waals surface area contributed by atoms with Gasteiger partial charge in [-0.05, 0) is 12.3 Å². The van der Waals surface area contributed by atoms with Gasteiger partial charge in [0.1, 0.15) is 0 Å². The van der Waals surface area contributed by atoms with Crippen molar-refractivity contribution in [3.05, 3.63) is 0 Å². The highest BCUT2D eigenvalue weighted by Gasteiger charge is 2.05. The van der Waals surface area contributed by atoms with E-state index in [-0.39, 0.29) is 24.2 Å². The molecular formula is C14H28O6. The van der Waals surface area contributed by atoms with Crippen LogP contribution in [-0.2, 0) is 14.4 Å². The van der Waals surface area contributed by atoms with Crippen LogP contribution in [0.5, 0.6) is 0 Å². The maximum absolute atomic E-state index is 9.93. The summed E-state index contributed by atoms with van der Waals surface area (Å²) in [7, 11) is 0. The highest BCUT2D eigenvalue weighted by atomic mass is 16.4. The van der Waals surface area contributed by atoms with Crippen LogP contribution in [0.25, 0.3) is 0 Å². The zero-order chi connectivity index (χ0) is 16.9. The number of hydrogen-bond donors (Lipinski definition) is 3. The van der Waals surface area contributed by atoms with Crippen LogP contribution < -0.4 is 0 Å². The van der Waals surface area contributed by atoms with Crippen LogP contribution >= 0.6 is 0 Å². The summed E-state index contributed by atoms with van der Waals surface area (Å²) in [6.07, 6.45) is 0.995. The fraction of sp³-hybridized carbons (Fsp3) is 0.786. The Balaban J connectivity index is -0.000000218. The van der Waals surface area contributed by atoms with Crippen LogP contribution in [0.2, 0.25) is 0 Å². The molecule has 20 heavy (non-hydrogen) atoms. The molecule has 0 aromatic rings. The summed E-state index contributed by atoms with van der Waals surface area (Å²) < 4.78 is 0. The first kappa shape index (κ1) is 23.5. The Kier molecular flexibility index (Phi) is 16.3. The number of aliphatic carboxylic acids is 3. The van der Waals surface area contributed by atoms with E-state index >= 15 is 0 Å². The first-order chi connectivity index (χ1) is 8.95. The fourth-order valence-electron chi connectivity index (χ4n) is 0.524. The molecule has 1 atom stereocenters. The summed E-state index contributed by atoms with van der Waals surface area (Å²) in [6, 6.07) is 0. The van der Waals surface area contributed by atoms with E-state index in [1.54, 1.807) is 20.8 Å². The summed E-state index contributed by atoms with van der Waals surface area (Å²) in [5.74, 6) is -2.30. The number of carboxylic acids is 3. The van der Waals surface area contributed by atoms with Gasteiger partial charge in [-0.25, -0.2) is 0 Å². The van der Waals surface area contributed by atoms with Gasteiger partial charge in [-0.2, -0.15) is 0 Å². The third kappa shape index (κ3) is 25.3. The first-order valence-corrected chi connectivity index (χ1v) is 6.62. The quantitative estimate of drug-likeness (QED) is 0.718. The standard InChI is InChI=1S/2C5H10O2.C4H8O2/c1-4(2)3-5(6)7;1-3-4(2)5(6)7;1-3(2)4(5)6/h2*4H,3H2,1-2H3,(H,6,7);3H,1-2H3,(H,5,6)/t;4-;/m.0./s1. The maximum Gasteiger partial charge on any atom is 0.306 e. The van der Waals surface area contributed by atoms with Gasteiger partial charge >= 0.3 is 17.9 Å². The molecule has 0 aromatic heterocycles. The van der Waals surface area contributed by atoms with Crippen molar-refractivity contribution in [2.24, 2.45) is 17.8 Å². The maximum atomic E-state index is 9.93. The normalized spacial score (nSPS) is 10.8. The largest absolute Gasteiger partial charge is 0.481 e. The van der Waals surface area contributed by atoms with E-state index in [1.807, 2.05) is 20.8 Å². The molecule has 120 valence electrons. The highest BCUT2D eigenvalue weighted by Crippen LogP contribution is 1.97. The molecule has 0 bridgehead atoms. The SMILES string of the molecule is CC(C)C(=O)O.CC(C)CC(=O)O.CC[C@H](C)C(=O)O. The van der Waals surface area contributed by atoms with Gasteiger partial charge in [0.2, 0.25) is 0 Å². The van der Waals surface area contributed by atoms with E-state index in [4.69, 9.17) is 15.3 Å². The van der Waals surface area contributed by atoms with Crippen LogP contribution in [0.4, 0.5) is 0 Å². The number of hydrogen-bond acceptors (Lipinski definition) is 3. The van der Waals surface area contributed by atoms with Crippen molar-refractivity contribution in [3.8, 4) is 0 Å². The summed E-state index contributed by atoms with van der Waals surface area (Å²) in [5.41, 5.74) is 0. The predicted octanol–water partition coefficient (Wildman–Crippen LogP) is 2.96. The van der Waals surface area contributed by atoms with E-state index < -0.39 is 17.9 Å². The smallest absolute Gasteiger partial charge is 0.306 e. The molecule has 0 saturated heterocycles. The van der Waals surface area contributed by atoms with Gasteiger partial charge in [-0.1, -0.05) is 41.5 Å². The molecular weight excluding hydrogens is 264 g/mol. The van der Waals surface area contributed by atoms with Crippen LogP contribution in [0.15, 0.2) is 0 Å². The first-order valence-electron chi connectivity index (χ1n) is 6.62. The average molecular weight is 292 g/mol. The lowest BCUT2D eigenvalue weighted by Gasteiger charge is -1.96. The molecule has 0 saturated carbocycles. The molecule has 0 amide bonds. The van der Waals surface area contributed by atoms with Crippen molar-refractivity contribution in [1.82, 2.24) is 0 Å². The predicted molar refractivity (Wildman–Crippen MR) is 76.7 cm³/mol. The van der Waals surface area contributed by atoms with Crippen LogP contribution in [0.3, 0.4) is 0 Å². The minimum atomic E-state index is -0.741. The summed E-state index contributed by atoms with van der Waals surface area (Å²) in [5, 5.41) is 24.3. The molecule has 0 aliphatic carbocycles. The van der Waals surface area contributed by atoms with Crippen LogP contribution in [0.1, 0.15) is 54.4 Å². The molecule has 0 fully saturated rings. The van der Waals surface area contributed by atoms with Gasteiger partial charge in [0.05, 0.1) is 11.8 Å². The minimum Gasteiger partial charge on any atom is -0.481 e. The van der Waals surface area contributed by atoms with E-state index in [2.05, 4.69) is 0 Å². The molecule has 6 nitrogen and oxygen atoms in total. The van der Waals surface area contributed by atoms with Crippen LogP contribution in [0, 0.1) is 17.8 Å². The fourth-order valence-corrected chi connectivity index (χ4v) is 0.524. The Labute approximate surface area is 120 Å². The van der Waals surface area contributed by atoms with Crippen molar-refractivity contribution in [2.75, 3.05) is 0 Å². The number of carbonyl (C=O) groups is 3. The monoisotopic (exact) mass is 292 g/mol. The van der Waals surface area contributed by atoms with Gasteiger partial charge in [0, 0.05) is 6.42 Å². The third-order valence-corrected chi connectivity index (χ3v) is 2.11. The van der Waals surface area contributed by atoms with Crippen molar-refractivity contribution >= 4 is 17.9 Å². The van der Waals surface area contributed by atoms with E-state index in [9.17, 15) is 14.4 Å². The summed E-state index contributed by atoms with van der Waals surface area (Å²) >= 11 is 0. The topological polar surface area (TPSA) is 112 Å². The third-order valence-electron chi connectivity index (χ3n) is 2.11. The van der Waals surface area contributed by atoms with Gasteiger partial charge in [0.15, 0.2) is 0 Å². The molecule has 3 N–H and O–H groups in total. The second kappa shape index (κ2) is 13.8. The van der Waals surface area contributed by atoms with Crippen molar-refractivity contribution < 1.29 is 29.7 Å². The van der Waals surface area contributed by atoms with Crippen LogP contribution in [-0.4, -0.2) is 33.2 Å². The van der Waals surface area contributed by atoms with E-state index in [0.29, 0.717) is 0 Å². The van der Waals surface area contributed by atoms with E-state index in [0.717, 1.165) is 6.42 Å². The van der Waals surface area contributed by atoms with Crippen molar-refractivity contribution in [3.63, 3.8) is 0 Å². The second-order valence-electron chi connectivity index (χ2n) is 5.13. The summed E-state index contributed by atoms with van der Waals surface area (Å²) in [6.45, 7) is 10.6. The van der Waals surface area contributed by atoms with Gasteiger partial charge < -0.3 is 15.3 Å². The molecule has 0 aliphatic heterocycles. The Morgan fingerprint density at radius 2 is 1.20 bits per heavy atom. The molecule has 0 aromatic carbocycles. The van der Waals surface area contributed by atoms with Crippen molar-refractivity contribution in [2.45, 2.75) is 54.4 Å². The molecule has 0 unspecified atom stereocenters. The highest BCUT2D eigenvalue weighted by molar-refractivity contribution is 5.69. The number of carboxylic acid groups (broad SMARTS) is 3. The molecule has 6 heteroatoms. The average Bonchev–Trinajstić information content (AvgIpc) is 2.27. The molecule has 0 heterocycles. The lowest BCUT2D eigenvalue weighted by Crippen LogP contribution is -2.06. The Morgan fingerprint density at radius 1 is 0.850 bits per heavy atom. The molecule has 0 radical (unpaired) electrons. The second-order valence-corrected chi connectivity index (χ2v) is 5.13. The van der Waals surface area contributed by atoms with E-state index in [1.165, 1.54) is 0 Å². The minimum absolute atomic E-state index is 0.181. The molecule has 0 rings (SSSR count). The zero-order valence-corrected chi connectivity index (χ0v) is 13.2. The molecule has 0 aliphatic rings. The van der Waals surface area contributed by atoms with Crippen molar-refractivity contribution in [1.29, 1.82) is 0 Å². The van der Waals surface area contributed by atoms with Gasteiger partial charge in [-0.3, -0.25) is 14.4 Å². The Hall–Kier alpha value is -1.59.